The Morgan fingerprint density at radius 2 is 1.96 bits per heavy atom. The summed E-state index contributed by atoms with van der Waals surface area (Å²) in [5, 5.41) is 11.4. The lowest BCUT2D eigenvalue weighted by Crippen LogP contribution is -2.13. The Labute approximate surface area is 145 Å². The summed E-state index contributed by atoms with van der Waals surface area (Å²) in [6.45, 7) is 0. The van der Waals surface area contributed by atoms with Crippen molar-refractivity contribution in [2.24, 2.45) is 0 Å². The molecule has 0 heterocycles. The van der Waals surface area contributed by atoms with Gasteiger partial charge in [-0.3, -0.25) is 4.79 Å². The number of sulfone groups is 1. The largest absolute Gasteiger partial charge is 0.321 e. The lowest BCUT2D eigenvalue weighted by atomic mass is 10.2. The van der Waals surface area contributed by atoms with Crippen LogP contribution in [-0.2, 0) is 9.84 Å². The predicted molar refractivity (Wildman–Crippen MR) is 94.9 cm³/mol. The molecule has 0 fully saturated rings. The molecule has 2 aromatic rings. The van der Waals surface area contributed by atoms with E-state index in [9.17, 15) is 13.2 Å². The van der Waals surface area contributed by atoms with Crippen molar-refractivity contribution in [3.8, 4) is 6.07 Å². The average molecular weight is 360 g/mol. The second-order valence-electron chi connectivity index (χ2n) is 5.01. The molecule has 0 aliphatic carbocycles. The fraction of sp³-hybridized carbons (Fsp3) is 0.176. The number of thioether (sulfide) groups is 1. The van der Waals surface area contributed by atoms with Gasteiger partial charge in [0.05, 0.1) is 16.7 Å². The summed E-state index contributed by atoms with van der Waals surface area (Å²) in [7, 11) is -3.37. The minimum atomic E-state index is -3.37. The Morgan fingerprint density at radius 1 is 1.21 bits per heavy atom. The van der Waals surface area contributed by atoms with Crippen LogP contribution in [0.2, 0.25) is 0 Å². The molecule has 24 heavy (non-hydrogen) atoms. The average Bonchev–Trinajstić information content (AvgIpc) is 2.56. The second kappa shape index (κ2) is 7.99. The van der Waals surface area contributed by atoms with E-state index in [0.29, 0.717) is 17.9 Å². The quantitative estimate of drug-likeness (QED) is 0.630. The summed E-state index contributed by atoms with van der Waals surface area (Å²) >= 11 is 1.48. The van der Waals surface area contributed by atoms with E-state index in [0.717, 1.165) is 11.2 Å². The van der Waals surface area contributed by atoms with Gasteiger partial charge in [0.1, 0.15) is 0 Å². The third-order valence-electron chi connectivity index (χ3n) is 3.13. The molecule has 0 saturated heterocycles. The van der Waals surface area contributed by atoms with E-state index in [1.54, 1.807) is 24.3 Å². The lowest BCUT2D eigenvalue weighted by Gasteiger charge is -2.10. The number of nitrogens with one attached hydrogen (secondary N) is 1. The van der Waals surface area contributed by atoms with Gasteiger partial charge in [-0.05, 0) is 30.3 Å². The highest BCUT2D eigenvalue weighted by Gasteiger charge is 2.13. The molecule has 7 heteroatoms. The number of carbonyl (C=O) groups is 1. The first-order valence-electron chi connectivity index (χ1n) is 7.12. The van der Waals surface area contributed by atoms with E-state index in [2.05, 4.69) is 11.4 Å². The lowest BCUT2D eigenvalue weighted by molar-refractivity contribution is 0.102. The number of benzene rings is 2. The first-order chi connectivity index (χ1) is 11.4. The molecule has 1 N–H and O–H groups in total. The van der Waals surface area contributed by atoms with E-state index in [1.807, 2.05) is 12.1 Å². The topological polar surface area (TPSA) is 87.0 Å². The zero-order valence-electron chi connectivity index (χ0n) is 13.0. The van der Waals surface area contributed by atoms with E-state index < -0.39 is 9.84 Å². The van der Waals surface area contributed by atoms with Gasteiger partial charge in [0.2, 0.25) is 0 Å². The SMILES string of the molecule is CS(=O)(=O)c1cccc(C(=O)Nc2ccccc2SCCC#N)c1. The molecule has 0 atom stereocenters. The molecule has 0 aromatic heterocycles. The molecule has 1 amide bonds. The van der Waals surface area contributed by atoms with Crippen LogP contribution in [0.3, 0.4) is 0 Å². The van der Waals surface area contributed by atoms with Crippen LogP contribution in [0.5, 0.6) is 0 Å². The van der Waals surface area contributed by atoms with Crippen LogP contribution >= 0.6 is 11.8 Å². The molecule has 0 radical (unpaired) electrons. The molecule has 0 saturated carbocycles. The molecule has 0 aliphatic heterocycles. The Morgan fingerprint density at radius 3 is 2.67 bits per heavy atom. The number of carbonyl (C=O) groups excluding carboxylic acids is 1. The van der Waals surface area contributed by atoms with Crippen LogP contribution in [0, 0.1) is 11.3 Å². The van der Waals surface area contributed by atoms with E-state index in [-0.39, 0.29) is 16.4 Å². The Balaban J connectivity index is 2.20. The first-order valence-corrected chi connectivity index (χ1v) is 10.00. The number of amides is 1. The van der Waals surface area contributed by atoms with Crippen molar-refractivity contribution in [1.29, 1.82) is 5.26 Å². The van der Waals surface area contributed by atoms with Gasteiger partial charge < -0.3 is 5.32 Å². The molecule has 0 spiro atoms. The Kier molecular flexibility index (Phi) is 6.01. The predicted octanol–water partition coefficient (Wildman–Crippen LogP) is 3.35. The van der Waals surface area contributed by atoms with Gasteiger partial charge in [-0.2, -0.15) is 5.26 Å². The van der Waals surface area contributed by atoms with Gasteiger partial charge >= 0.3 is 0 Å². The highest BCUT2D eigenvalue weighted by atomic mass is 32.2. The zero-order chi connectivity index (χ0) is 17.6. The molecule has 5 nitrogen and oxygen atoms in total. The summed E-state index contributed by atoms with van der Waals surface area (Å²) in [6.07, 6.45) is 1.52. The molecule has 2 rings (SSSR count). The molecule has 0 bridgehead atoms. The van der Waals surface area contributed by atoms with Crippen LogP contribution in [-0.4, -0.2) is 26.3 Å². The standard InChI is InChI=1S/C17H16N2O3S2/c1-24(21,22)14-7-4-6-13(12-14)17(20)19-15-8-2-3-9-16(15)23-11-5-10-18/h2-4,6-9,12H,5,11H2,1H3,(H,19,20). The summed E-state index contributed by atoms with van der Waals surface area (Å²) in [4.78, 5) is 13.4. The van der Waals surface area contributed by atoms with Crippen LogP contribution in [0.4, 0.5) is 5.69 Å². The van der Waals surface area contributed by atoms with Gasteiger partial charge in [0, 0.05) is 28.9 Å². The smallest absolute Gasteiger partial charge is 0.255 e. The normalized spacial score (nSPS) is 10.8. The molecule has 0 unspecified atom stereocenters. The minimum Gasteiger partial charge on any atom is -0.321 e. The summed E-state index contributed by atoms with van der Waals surface area (Å²) in [6, 6.07) is 15.3. The molecular formula is C17H16N2O3S2. The van der Waals surface area contributed by atoms with E-state index in [4.69, 9.17) is 5.26 Å². The number of anilines is 1. The van der Waals surface area contributed by atoms with Crippen molar-refractivity contribution in [1.82, 2.24) is 0 Å². The fourth-order valence-electron chi connectivity index (χ4n) is 1.96. The minimum absolute atomic E-state index is 0.104. The Bertz CT molecular complexity index is 887. The maximum absolute atomic E-state index is 12.4. The van der Waals surface area contributed by atoms with Crippen molar-refractivity contribution < 1.29 is 13.2 Å². The monoisotopic (exact) mass is 360 g/mol. The highest BCUT2D eigenvalue weighted by molar-refractivity contribution is 7.99. The van der Waals surface area contributed by atoms with Gasteiger partial charge in [0.15, 0.2) is 9.84 Å². The van der Waals surface area contributed by atoms with Crippen molar-refractivity contribution in [2.75, 3.05) is 17.3 Å². The number of para-hydroxylation sites is 1. The number of nitriles is 1. The van der Waals surface area contributed by atoms with Gasteiger partial charge in [-0.25, -0.2) is 8.42 Å². The van der Waals surface area contributed by atoms with Gasteiger partial charge in [-0.15, -0.1) is 11.8 Å². The van der Waals surface area contributed by atoms with E-state index >= 15 is 0 Å². The summed E-state index contributed by atoms with van der Waals surface area (Å²) < 4.78 is 23.2. The maximum Gasteiger partial charge on any atom is 0.255 e. The van der Waals surface area contributed by atoms with Crippen molar-refractivity contribution >= 4 is 33.2 Å². The zero-order valence-corrected chi connectivity index (χ0v) is 14.7. The van der Waals surface area contributed by atoms with Crippen molar-refractivity contribution in [2.45, 2.75) is 16.2 Å². The summed E-state index contributed by atoms with van der Waals surface area (Å²) in [5.74, 6) is 0.251. The molecular weight excluding hydrogens is 344 g/mol. The van der Waals surface area contributed by atoms with Crippen LogP contribution in [0.25, 0.3) is 0 Å². The second-order valence-corrected chi connectivity index (χ2v) is 8.16. The van der Waals surface area contributed by atoms with Gasteiger partial charge in [0.25, 0.3) is 5.91 Å². The van der Waals surface area contributed by atoms with Gasteiger partial charge in [-0.1, -0.05) is 18.2 Å². The third-order valence-corrected chi connectivity index (χ3v) is 5.32. The highest BCUT2D eigenvalue weighted by Crippen LogP contribution is 2.28. The number of rotatable bonds is 6. The Hall–Kier alpha value is -2.30. The number of hydrogen-bond acceptors (Lipinski definition) is 5. The molecule has 124 valence electrons. The molecule has 0 aliphatic rings. The number of nitrogens with zero attached hydrogens (tertiary/aromatic N) is 1. The fourth-order valence-corrected chi connectivity index (χ4v) is 3.49. The summed E-state index contributed by atoms with van der Waals surface area (Å²) in [5.41, 5.74) is 0.907. The third kappa shape index (κ3) is 4.85. The van der Waals surface area contributed by atoms with Crippen LogP contribution in [0.1, 0.15) is 16.8 Å². The van der Waals surface area contributed by atoms with Crippen LogP contribution in [0.15, 0.2) is 58.3 Å². The van der Waals surface area contributed by atoms with E-state index in [1.165, 1.54) is 23.9 Å². The molecule has 2 aromatic carbocycles. The van der Waals surface area contributed by atoms with Crippen molar-refractivity contribution in [3.05, 3.63) is 54.1 Å². The number of hydrogen-bond donors (Lipinski definition) is 1. The first kappa shape index (κ1) is 18.0. The van der Waals surface area contributed by atoms with Crippen molar-refractivity contribution in [3.63, 3.8) is 0 Å². The van der Waals surface area contributed by atoms with Crippen LogP contribution < -0.4 is 5.32 Å². The maximum atomic E-state index is 12.4.